The molecule has 0 saturated heterocycles. The zero-order valence-corrected chi connectivity index (χ0v) is 24.6. The summed E-state index contributed by atoms with van der Waals surface area (Å²) in [6.45, 7) is 17.5. The minimum Gasteiger partial charge on any atom is -0.465 e. The molecule has 0 spiro atoms. The van der Waals surface area contributed by atoms with Gasteiger partial charge in [-0.1, -0.05) is 82.8 Å². The van der Waals surface area contributed by atoms with Gasteiger partial charge >= 0.3 is 0 Å². The standard InChI is InChI=1S/C14H16N4.C14H22N2O3.C2H6/c1-3-5-8-11(4-2)12-9-6-7-10-13(12)14-15-17-18-16-14;1-6-9-10(14(4,17)18)12-11(7-2)15-13(16(12)5)19-8-3;1-2/h4-10H,3H2,1-2H3,(H,15,16,17,18);7,9,17-18H,2,6,8H2,1,3-5H3;1-2H3/b8-5-,11-4+;10-9+;. The van der Waals surface area contributed by atoms with Crippen molar-refractivity contribution in [1.29, 1.82) is 0 Å². The number of aromatic amines is 1. The minimum atomic E-state index is -1.94. The molecule has 2 aromatic heterocycles. The third kappa shape index (κ3) is 9.15. The zero-order valence-electron chi connectivity index (χ0n) is 24.6. The Morgan fingerprint density at radius 3 is 2.36 bits per heavy atom. The number of H-pyrrole nitrogens is 1. The number of hydrogen-bond donors (Lipinski definition) is 3. The molecule has 0 radical (unpaired) electrons. The lowest BCUT2D eigenvalue weighted by Gasteiger charge is -2.21. The molecule has 9 heteroatoms. The first kappa shape index (κ1) is 33.2. The molecule has 3 aromatic rings. The van der Waals surface area contributed by atoms with Crippen molar-refractivity contribution in [3.05, 3.63) is 72.1 Å². The monoisotopic (exact) mass is 536 g/mol. The van der Waals surface area contributed by atoms with Crippen molar-refractivity contribution in [2.45, 2.75) is 67.1 Å². The topological polar surface area (TPSA) is 122 Å². The van der Waals surface area contributed by atoms with Crippen LogP contribution in [0.2, 0.25) is 0 Å². The predicted molar refractivity (Wildman–Crippen MR) is 160 cm³/mol. The van der Waals surface area contributed by atoms with Gasteiger partial charge in [0.2, 0.25) is 5.82 Å². The lowest BCUT2D eigenvalue weighted by atomic mass is 9.98. The normalized spacial score (nSPS) is 11.9. The number of allylic oxidation sites excluding steroid dienone is 5. The second kappa shape index (κ2) is 16.9. The van der Waals surface area contributed by atoms with Crippen LogP contribution in [0.5, 0.6) is 6.01 Å². The first-order valence-electron chi connectivity index (χ1n) is 13.4. The van der Waals surface area contributed by atoms with Gasteiger partial charge in [-0.05, 0) is 56.0 Å². The number of hydrogen-bond acceptors (Lipinski definition) is 7. The number of nitrogens with one attached hydrogen (secondary N) is 1. The highest BCUT2D eigenvalue weighted by atomic mass is 16.5. The van der Waals surface area contributed by atoms with E-state index in [4.69, 9.17) is 4.74 Å². The second-order valence-electron chi connectivity index (χ2n) is 8.21. The number of imidazole rings is 1. The number of nitrogens with zero attached hydrogens (tertiary/aromatic N) is 5. The maximum atomic E-state index is 9.92. The Bertz CT molecular complexity index is 1230. The first-order valence-corrected chi connectivity index (χ1v) is 13.4. The fourth-order valence-electron chi connectivity index (χ4n) is 3.73. The average Bonchev–Trinajstić information content (AvgIpc) is 3.58. The first-order chi connectivity index (χ1) is 18.7. The Morgan fingerprint density at radius 1 is 1.15 bits per heavy atom. The maximum Gasteiger partial charge on any atom is 0.297 e. The van der Waals surface area contributed by atoms with Gasteiger partial charge in [-0.25, -0.2) is 0 Å². The Hall–Kier alpha value is -3.82. The van der Waals surface area contributed by atoms with Crippen LogP contribution in [0.1, 0.15) is 78.3 Å². The number of ether oxygens (including phenoxy) is 1. The summed E-state index contributed by atoms with van der Waals surface area (Å²) in [5.74, 6) is -1.32. The van der Waals surface area contributed by atoms with Crippen molar-refractivity contribution in [2.75, 3.05) is 6.61 Å². The van der Waals surface area contributed by atoms with E-state index in [1.54, 1.807) is 23.8 Å². The van der Waals surface area contributed by atoms with E-state index in [1.807, 2.05) is 52.8 Å². The summed E-state index contributed by atoms with van der Waals surface area (Å²) in [5.41, 5.74) is 4.84. The number of rotatable bonds is 10. The summed E-state index contributed by atoms with van der Waals surface area (Å²) >= 11 is 0. The summed E-state index contributed by atoms with van der Waals surface area (Å²) in [6.07, 6.45) is 11.4. The molecule has 0 saturated carbocycles. The summed E-state index contributed by atoms with van der Waals surface area (Å²) < 4.78 is 7.12. The summed E-state index contributed by atoms with van der Waals surface area (Å²) in [4.78, 5) is 4.29. The number of tetrazole rings is 1. The van der Waals surface area contributed by atoms with Crippen LogP contribution in [-0.4, -0.2) is 52.8 Å². The van der Waals surface area contributed by atoms with Crippen LogP contribution in [0.25, 0.3) is 28.6 Å². The van der Waals surface area contributed by atoms with Gasteiger partial charge in [-0.3, -0.25) is 4.57 Å². The molecular formula is C30H44N6O3. The SMILES string of the molecule is C/C=C(\C=C/CC)c1ccccc1-c1nn[nH]n1.C=Cc1nc(OCC)n(C)c1/C(=C\CC)C(C)(O)O.CC. The van der Waals surface area contributed by atoms with E-state index in [2.05, 4.69) is 63.4 Å². The van der Waals surface area contributed by atoms with E-state index in [0.29, 0.717) is 41.8 Å². The molecule has 212 valence electrons. The number of aliphatic hydroxyl groups is 2. The molecule has 0 aliphatic rings. The van der Waals surface area contributed by atoms with Crippen molar-refractivity contribution in [2.24, 2.45) is 7.05 Å². The predicted octanol–water partition coefficient (Wildman–Crippen LogP) is 6.22. The smallest absolute Gasteiger partial charge is 0.297 e. The minimum absolute atomic E-state index is 0.394. The van der Waals surface area contributed by atoms with Gasteiger partial charge in [-0.2, -0.15) is 10.2 Å². The lowest BCUT2D eigenvalue weighted by molar-refractivity contribution is -0.0912. The van der Waals surface area contributed by atoms with Crippen molar-refractivity contribution < 1.29 is 14.9 Å². The highest BCUT2D eigenvalue weighted by Gasteiger charge is 2.29. The lowest BCUT2D eigenvalue weighted by Crippen LogP contribution is -2.26. The van der Waals surface area contributed by atoms with E-state index < -0.39 is 5.79 Å². The largest absolute Gasteiger partial charge is 0.465 e. The van der Waals surface area contributed by atoms with Crippen LogP contribution in [0, 0.1) is 0 Å². The van der Waals surface area contributed by atoms with Crippen LogP contribution < -0.4 is 4.74 Å². The fourth-order valence-corrected chi connectivity index (χ4v) is 3.73. The number of aromatic nitrogens is 6. The third-order valence-electron chi connectivity index (χ3n) is 5.39. The zero-order chi connectivity index (χ0) is 29.4. The molecule has 0 aliphatic carbocycles. The second-order valence-corrected chi connectivity index (χ2v) is 8.21. The van der Waals surface area contributed by atoms with Gasteiger partial charge in [0.1, 0.15) is 0 Å². The molecule has 2 heterocycles. The molecule has 0 atom stereocenters. The highest BCUT2D eigenvalue weighted by Crippen LogP contribution is 2.31. The van der Waals surface area contributed by atoms with Gasteiger partial charge in [-0.15, -0.1) is 10.2 Å². The van der Waals surface area contributed by atoms with Crippen molar-refractivity contribution in [3.8, 4) is 17.4 Å². The molecule has 0 amide bonds. The van der Waals surface area contributed by atoms with E-state index in [9.17, 15) is 10.2 Å². The summed E-state index contributed by atoms with van der Waals surface area (Å²) in [7, 11) is 1.77. The fraction of sp³-hybridized carbons (Fsp3) is 0.400. The Kier molecular flexibility index (Phi) is 14.4. The van der Waals surface area contributed by atoms with E-state index in [0.717, 1.165) is 23.1 Å². The third-order valence-corrected chi connectivity index (χ3v) is 5.39. The Morgan fingerprint density at radius 2 is 1.85 bits per heavy atom. The molecule has 0 bridgehead atoms. The van der Waals surface area contributed by atoms with Crippen LogP contribution in [0.15, 0.2) is 55.1 Å². The summed E-state index contributed by atoms with van der Waals surface area (Å²) in [6, 6.07) is 8.50. The van der Waals surface area contributed by atoms with Crippen LogP contribution in [-0.2, 0) is 7.05 Å². The van der Waals surface area contributed by atoms with Gasteiger partial charge < -0.3 is 14.9 Å². The molecule has 39 heavy (non-hydrogen) atoms. The maximum absolute atomic E-state index is 9.92. The Balaban J connectivity index is 0.000000367. The van der Waals surface area contributed by atoms with E-state index in [1.165, 1.54) is 6.92 Å². The van der Waals surface area contributed by atoms with Crippen molar-refractivity contribution in [3.63, 3.8) is 0 Å². The Labute approximate surface area is 232 Å². The molecule has 1 aromatic carbocycles. The van der Waals surface area contributed by atoms with Crippen molar-refractivity contribution >= 4 is 17.2 Å². The molecule has 0 fully saturated rings. The molecule has 3 rings (SSSR count). The molecule has 0 unspecified atom stereocenters. The molecule has 9 nitrogen and oxygen atoms in total. The molecule has 0 aliphatic heterocycles. The molecular weight excluding hydrogens is 492 g/mol. The number of benzene rings is 1. The highest BCUT2D eigenvalue weighted by molar-refractivity contribution is 5.83. The van der Waals surface area contributed by atoms with Gasteiger partial charge in [0.15, 0.2) is 5.79 Å². The van der Waals surface area contributed by atoms with Crippen molar-refractivity contribution in [1.82, 2.24) is 30.2 Å². The van der Waals surface area contributed by atoms with E-state index in [-0.39, 0.29) is 0 Å². The van der Waals surface area contributed by atoms with Crippen LogP contribution in [0.4, 0.5) is 0 Å². The average molecular weight is 537 g/mol. The van der Waals surface area contributed by atoms with Gasteiger partial charge in [0, 0.05) is 18.2 Å². The van der Waals surface area contributed by atoms with Crippen LogP contribution >= 0.6 is 0 Å². The quantitative estimate of drug-likeness (QED) is 0.208. The van der Waals surface area contributed by atoms with E-state index >= 15 is 0 Å². The van der Waals surface area contributed by atoms with Crippen LogP contribution in [0.3, 0.4) is 0 Å². The van der Waals surface area contributed by atoms with Gasteiger partial charge in [0.25, 0.3) is 6.01 Å². The molecule has 3 N–H and O–H groups in total. The summed E-state index contributed by atoms with van der Waals surface area (Å²) in [5, 5.41) is 34.0. The van der Waals surface area contributed by atoms with Gasteiger partial charge in [0.05, 0.1) is 18.0 Å².